The molecule has 0 aliphatic carbocycles. The highest BCUT2D eigenvalue weighted by Gasteiger charge is 2.37. The van der Waals surface area contributed by atoms with Crippen molar-refractivity contribution in [1.29, 1.82) is 0 Å². The molecular formula is C12H19NO3. The molecule has 0 fully saturated rings. The van der Waals surface area contributed by atoms with E-state index in [-0.39, 0.29) is 0 Å². The quantitative estimate of drug-likeness (QED) is 0.420. The van der Waals surface area contributed by atoms with Crippen molar-refractivity contribution in [2.45, 2.75) is 33.6 Å². The van der Waals surface area contributed by atoms with E-state index in [0.29, 0.717) is 19.4 Å². The molecule has 2 N–H and O–H groups in total. The summed E-state index contributed by atoms with van der Waals surface area (Å²) in [5.41, 5.74) is -0.595. The van der Waals surface area contributed by atoms with E-state index < -0.39 is 23.2 Å². The first-order chi connectivity index (χ1) is 7.30. The molecule has 0 heterocycles. The monoisotopic (exact) mass is 225 g/mol. The van der Waals surface area contributed by atoms with E-state index in [2.05, 4.69) is 11.2 Å². The van der Waals surface area contributed by atoms with Gasteiger partial charge >= 0.3 is 5.97 Å². The lowest BCUT2D eigenvalue weighted by molar-refractivity contribution is -0.151. The number of carbonyl (C=O) groups is 2. The molecule has 0 rings (SSSR count). The van der Waals surface area contributed by atoms with E-state index in [1.54, 1.807) is 20.8 Å². The fraction of sp³-hybridized carbons (Fsp3) is 0.667. The van der Waals surface area contributed by atoms with Crippen LogP contribution in [0.2, 0.25) is 0 Å². The lowest BCUT2D eigenvalue weighted by Crippen LogP contribution is -2.43. The number of unbranched alkanes of at least 4 members (excludes halogenated alkanes) is 1. The summed E-state index contributed by atoms with van der Waals surface area (Å²) < 4.78 is 0. The molecule has 0 saturated carbocycles. The number of aliphatic carboxylic acids is 1. The summed E-state index contributed by atoms with van der Waals surface area (Å²) in [6.45, 7) is 5.61. The molecule has 0 aliphatic rings. The van der Waals surface area contributed by atoms with Crippen molar-refractivity contribution in [3.05, 3.63) is 0 Å². The minimum Gasteiger partial charge on any atom is -0.481 e. The van der Waals surface area contributed by atoms with Crippen molar-refractivity contribution in [3.63, 3.8) is 0 Å². The normalized spacial score (nSPS) is 12.6. The summed E-state index contributed by atoms with van der Waals surface area (Å²) >= 11 is 0. The van der Waals surface area contributed by atoms with Crippen LogP contribution < -0.4 is 5.32 Å². The van der Waals surface area contributed by atoms with Crippen LogP contribution in [-0.2, 0) is 9.59 Å². The Balaban J connectivity index is 4.32. The maximum Gasteiger partial charge on any atom is 0.316 e. The number of terminal acetylenes is 1. The number of amides is 1. The molecular weight excluding hydrogens is 206 g/mol. The maximum absolute atomic E-state index is 11.7. The molecule has 0 aromatic rings. The van der Waals surface area contributed by atoms with Crippen LogP contribution in [0.25, 0.3) is 0 Å². The maximum atomic E-state index is 11.7. The fourth-order valence-corrected chi connectivity index (χ4v) is 1.38. The van der Waals surface area contributed by atoms with Crippen LogP contribution >= 0.6 is 0 Å². The van der Waals surface area contributed by atoms with Crippen LogP contribution in [0.4, 0.5) is 0 Å². The topological polar surface area (TPSA) is 66.4 Å². The van der Waals surface area contributed by atoms with Crippen molar-refractivity contribution in [1.82, 2.24) is 5.32 Å². The molecule has 0 aromatic carbocycles. The average molecular weight is 225 g/mol. The van der Waals surface area contributed by atoms with Gasteiger partial charge in [0.05, 0.1) is 0 Å². The average Bonchev–Trinajstić information content (AvgIpc) is 2.09. The summed E-state index contributed by atoms with van der Waals surface area (Å²) in [5, 5.41) is 11.6. The number of rotatable bonds is 5. The summed E-state index contributed by atoms with van der Waals surface area (Å²) in [7, 11) is 0. The van der Waals surface area contributed by atoms with Crippen LogP contribution in [0.3, 0.4) is 0 Å². The van der Waals surface area contributed by atoms with Gasteiger partial charge in [-0.15, -0.1) is 12.3 Å². The van der Waals surface area contributed by atoms with Gasteiger partial charge in [-0.2, -0.15) is 0 Å². The molecule has 1 atom stereocenters. The van der Waals surface area contributed by atoms with Gasteiger partial charge < -0.3 is 10.4 Å². The molecule has 0 radical (unpaired) electrons. The molecule has 0 spiro atoms. The van der Waals surface area contributed by atoms with Crippen molar-refractivity contribution < 1.29 is 14.7 Å². The van der Waals surface area contributed by atoms with E-state index in [1.165, 1.54) is 0 Å². The van der Waals surface area contributed by atoms with Crippen LogP contribution in [0.5, 0.6) is 0 Å². The van der Waals surface area contributed by atoms with Crippen LogP contribution in [0.1, 0.15) is 33.6 Å². The van der Waals surface area contributed by atoms with Crippen LogP contribution in [0.15, 0.2) is 0 Å². The third-order valence-electron chi connectivity index (χ3n) is 2.17. The number of nitrogens with one attached hydrogen (secondary N) is 1. The molecule has 0 aliphatic heterocycles. The van der Waals surface area contributed by atoms with Gasteiger partial charge in [0, 0.05) is 13.0 Å². The Bertz CT molecular complexity index is 296. The minimum atomic E-state index is -1.10. The van der Waals surface area contributed by atoms with Gasteiger partial charge in [0.25, 0.3) is 0 Å². The minimum absolute atomic E-state index is 0.420. The second-order valence-electron chi connectivity index (χ2n) is 4.74. The molecule has 90 valence electrons. The zero-order chi connectivity index (χ0) is 12.8. The number of carboxylic acids is 1. The third-order valence-corrected chi connectivity index (χ3v) is 2.17. The Hall–Kier alpha value is -1.50. The highest BCUT2D eigenvalue weighted by atomic mass is 16.4. The van der Waals surface area contributed by atoms with Crippen LogP contribution in [-0.4, -0.2) is 23.5 Å². The molecule has 0 bridgehead atoms. The van der Waals surface area contributed by atoms with Crippen molar-refractivity contribution >= 4 is 11.9 Å². The van der Waals surface area contributed by atoms with Crippen molar-refractivity contribution in [2.24, 2.45) is 11.3 Å². The highest BCUT2D eigenvalue weighted by molar-refractivity contribution is 5.97. The fourth-order valence-electron chi connectivity index (χ4n) is 1.38. The lowest BCUT2D eigenvalue weighted by Gasteiger charge is -2.25. The second-order valence-corrected chi connectivity index (χ2v) is 4.74. The van der Waals surface area contributed by atoms with Gasteiger partial charge in [0.15, 0.2) is 0 Å². The number of carbonyl (C=O) groups excluding carboxylic acids is 1. The Kier molecular flexibility index (Phi) is 5.59. The van der Waals surface area contributed by atoms with Gasteiger partial charge in [-0.3, -0.25) is 9.59 Å². The predicted molar refractivity (Wildman–Crippen MR) is 61.7 cm³/mol. The van der Waals surface area contributed by atoms with Gasteiger partial charge in [-0.1, -0.05) is 20.8 Å². The Morgan fingerprint density at radius 2 is 2.00 bits per heavy atom. The molecule has 1 amide bonds. The zero-order valence-corrected chi connectivity index (χ0v) is 10.0. The predicted octanol–water partition coefficient (Wildman–Crippen LogP) is 1.26. The first-order valence-corrected chi connectivity index (χ1v) is 5.24. The largest absolute Gasteiger partial charge is 0.481 e. The number of hydrogen-bond acceptors (Lipinski definition) is 2. The zero-order valence-electron chi connectivity index (χ0n) is 10.0. The third kappa shape index (κ3) is 4.83. The van der Waals surface area contributed by atoms with Crippen LogP contribution in [0, 0.1) is 23.7 Å². The standard InChI is InChI=1S/C12H19NO3/c1-5-6-7-8-13-10(14)9(11(15)16)12(2,3)4/h1,9H,6-8H2,2-4H3,(H,13,14)(H,15,16). The smallest absolute Gasteiger partial charge is 0.316 e. The molecule has 4 nitrogen and oxygen atoms in total. The van der Waals surface area contributed by atoms with Gasteiger partial charge in [0.1, 0.15) is 5.92 Å². The SMILES string of the molecule is C#CCCCNC(=O)C(C(=O)O)C(C)(C)C. The molecule has 4 heteroatoms. The summed E-state index contributed by atoms with van der Waals surface area (Å²) in [5.74, 6) is -0.116. The number of carboxylic acid groups (broad SMARTS) is 1. The summed E-state index contributed by atoms with van der Waals surface area (Å²) in [6.07, 6.45) is 6.31. The van der Waals surface area contributed by atoms with Gasteiger partial charge in [0.2, 0.25) is 5.91 Å². The Morgan fingerprint density at radius 3 is 2.38 bits per heavy atom. The first kappa shape index (κ1) is 14.5. The molecule has 0 saturated heterocycles. The lowest BCUT2D eigenvalue weighted by atomic mass is 9.80. The van der Waals surface area contributed by atoms with Gasteiger partial charge in [-0.25, -0.2) is 0 Å². The van der Waals surface area contributed by atoms with Crippen molar-refractivity contribution in [2.75, 3.05) is 6.54 Å². The Labute approximate surface area is 96.4 Å². The Morgan fingerprint density at radius 1 is 1.44 bits per heavy atom. The van der Waals surface area contributed by atoms with E-state index in [4.69, 9.17) is 11.5 Å². The molecule has 16 heavy (non-hydrogen) atoms. The number of hydrogen-bond donors (Lipinski definition) is 2. The van der Waals surface area contributed by atoms with Gasteiger partial charge in [-0.05, 0) is 11.8 Å². The summed E-state index contributed by atoms with van der Waals surface area (Å²) in [4.78, 5) is 22.6. The van der Waals surface area contributed by atoms with E-state index >= 15 is 0 Å². The second kappa shape index (κ2) is 6.16. The molecule has 1 unspecified atom stereocenters. The van der Waals surface area contributed by atoms with E-state index in [9.17, 15) is 9.59 Å². The van der Waals surface area contributed by atoms with E-state index in [1.807, 2.05) is 0 Å². The first-order valence-electron chi connectivity index (χ1n) is 5.24. The molecule has 0 aromatic heterocycles. The van der Waals surface area contributed by atoms with E-state index in [0.717, 1.165) is 0 Å². The highest BCUT2D eigenvalue weighted by Crippen LogP contribution is 2.26. The van der Waals surface area contributed by atoms with Crippen molar-refractivity contribution in [3.8, 4) is 12.3 Å². The summed E-state index contributed by atoms with van der Waals surface area (Å²) in [6, 6.07) is 0.